The van der Waals surface area contributed by atoms with Gasteiger partial charge in [-0.3, -0.25) is 4.79 Å². The molecule has 1 saturated heterocycles. The molecule has 3 N–H and O–H groups in total. The number of aromatic nitrogens is 2. The summed E-state index contributed by atoms with van der Waals surface area (Å²) in [5.41, 5.74) is 3.36. The van der Waals surface area contributed by atoms with Crippen LogP contribution < -0.4 is 10.6 Å². The van der Waals surface area contributed by atoms with Crippen molar-refractivity contribution in [3.05, 3.63) is 78.2 Å². The molecule has 1 amide bonds. The van der Waals surface area contributed by atoms with Gasteiger partial charge in [0, 0.05) is 38.5 Å². The molecule has 0 radical (unpaired) electrons. The van der Waals surface area contributed by atoms with Gasteiger partial charge in [-0.05, 0) is 24.5 Å². The number of halogens is 1. The van der Waals surface area contributed by atoms with Crippen molar-refractivity contribution >= 4 is 35.8 Å². The molecule has 0 aliphatic carbocycles. The third kappa shape index (κ3) is 7.31. The van der Waals surface area contributed by atoms with Crippen LogP contribution in [0, 0.1) is 5.92 Å². The van der Waals surface area contributed by atoms with Crippen LogP contribution >= 0.6 is 24.0 Å². The smallest absolute Gasteiger partial charge is 0.223 e. The van der Waals surface area contributed by atoms with Gasteiger partial charge >= 0.3 is 0 Å². The first kappa shape index (κ1) is 25.7. The van der Waals surface area contributed by atoms with Crippen molar-refractivity contribution in [1.82, 2.24) is 25.5 Å². The number of amides is 1. The average molecular weight is 572 g/mol. The van der Waals surface area contributed by atoms with Crippen LogP contribution in [0.5, 0.6) is 0 Å². The zero-order chi connectivity index (χ0) is 22.9. The van der Waals surface area contributed by atoms with Crippen LogP contribution in [0.3, 0.4) is 0 Å². The van der Waals surface area contributed by atoms with E-state index < -0.39 is 0 Å². The van der Waals surface area contributed by atoms with Crippen LogP contribution in [0.1, 0.15) is 24.7 Å². The Kier molecular flexibility index (Phi) is 9.93. The number of hydrogen-bond acceptors (Lipinski definition) is 3. The molecule has 1 aliphatic heterocycles. The molecule has 8 heteroatoms. The normalized spacial score (nSPS) is 15.8. The number of hydrogen-bond donors (Lipinski definition) is 3. The summed E-state index contributed by atoms with van der Waals surface area (Å²) in [7, 11) is 0. The number of H-pyrrole nitrogens is 1. The van der Waals surface area contributed by atoms with Crippen molar-refractivity contribution in [3.8, 4) is 11.3 Å². The summed E-state index contributed by atoms with van der Waals surface area (Å²) in [5, 5.41) is 6.69. The van der Waals surface area contributed by atoms with Crippen molar-refractivity contribution in [1.29, 1.82) is 0 Å². The lowest BCUT2D eigenvalue weighted by molar-refractivity contribution is -0.127. The molecule has 1 unspecified atom stereocenters. The topological polar surface area (TPSA) is 85.4 Å². The van der Waals surface area contributed by atoms with Crippen molar-refractivity contribution in [2.45, 2.75) is 26.3 Å². The van der Waals surface area contributed by atoms with Crippen molar-refractivity contribution in [2.75, 3.05) is 26.2 Å². The minimum atomic E-state index is 0. The lowest BCUT2D eigenvalue weighted by atomic mass is 10.1. The van der Waals surface area contributed by atoms with Crippen LogP contribution in [0.15, 0.2) is 71.9 Å². The molecule has 1 aliphatic rings. The maximum atomic E-state index is 12.4. The number of rotatable bonds is 9. The Labute approximate surface area is 218 Å². The molecule has 1 atom stereocenters. The van der Waals surface area contributed by atoms with Gasteiger partial charge in [0.25, 0.3) is 0 Å². The third-order valence-electron chi connectivity index (χ3n) is 5.81. The number of nitrogens with zero attached hydrogens (tertiary/aromatic N) is 3. The van der Waals surface area contributed by atoms with E-state index >= 15 is 0 Å². The van der Waals surface area contributed by atoms with Crippen LogP contribution in [-0.2, 0) is 17.8 Å². The van der Waals surface area contributed by atoms with E-state index in [0.717, 1.165) is 49.1 Å². The van der Waals surface area contributed by atoms with Gasteiger partial charge in [-0.2, -0.15) is 0 Å². The molecule has 1 aromatic heterocycles. The van der Waals surface area contributed by atoms with Gasteiger partial charge in [0.05, 0.1) is 11.9 Å². The molecule has 0 saturated carbocycles. The van der Waals surface area contributed by atoms with Gasteiger partial charge in [-0.1, -0.05) is 60.7 Å². The van der Waals surface area contributed by atoms with Crippen molar-refractivity contribution < 1.29 is 4.79 Å². The van der Waals surface area contributed by atoms with E-state index in [-0.39, 0.29) is 35.8 Å². The first-order valence-corrected chi connectivity index (χ1v) is 11.6. The molecule has 0 spiro atoms. The summed E-state index contributed by atoms with van der Waals surface area (Å²) < 4.78 is 0. The van der Waals surface area contributed by atoms with Crippen LogP contribution in [-0.4, -0.2) is 52.9 Å². The fourth-order valence-electron chi connectivity index (χ4n) is 4.06. The molecule has 4 rings (SSSR count). The fourth-order valence-corrected chi connectivity index (χ4v) is 4.06. The van der Waals surface area contributed by atoms with E-state index in [4.69, 9.17) is 0 Å². The van der Waals surface area contributed by atoms with Gasteiger partial charge in [-0.25, -0.2) is 9.98 Å². The SMILES string of the molecule is CCNC(=NCc1ncc(-c2ccccc2)[nH]1)NCC1CC(=O)N(CCc2ccccc2)C1.I. The maximum absolute atomic E-state index is 12.4. The van der Waals surface area contributed by atoms with E-state index in [9.17, 15) is 4.79 Å². The predicted octanol–water partition coefficient (Wildman–Crippen LogP) is 3.84. The average Bonchev–Trinajstić information content (AvgIpc) is 3.47. The Morgan fingerprint density at radius 3 is 2.59 bits per heavy atom. The lowest BCUT2D eigenvalue weighted by Crippen LogP contribution is -2.40. The lowest BCUT2D eigenvalue weighted by Gasteiger charge is -2.18. The Hall–Kier alpha value is -2.88. The summed E-state index contributed by atoms with van der Waals surface area (Å²) in [4.78, 5) is 26.9. The zero-order valence-corrected chi connectivity index (χ0v) is 21.9. The first-order chi connectivity index (χ1) is 16.2. The van der Waals surface area contributed by atoms with Gasteiger partial charge in [0.1, 0.15) is 12.4 Å². The molecule has 180 valence electrons. The zero-order valence-electron chi connectivity index (χ0n) is 19.5. The van der Waals surface area contributed by atoms with Gasteiger partial charge < -0.3 is 20.5 Å². The number of nitrogens with one attached hydrogen (secondary N) is 3. The maximum Gasteiger partial charge on any atom is 0.223 e. The number of benzene rings is 2. The Balaban J connectivity index is 0.00000324. The number of guanidine groups is 1. The summed E-state index contributed by atoms with van der Waals surface area (Å²) in [6.45, 7) is 5.54. The molecule has 7 nitrogen and oxygen atoms in total. The molecule has 34 heavy (non-hydrogen) atoms. The molecule has 1 fully saturated rings. The molecular formula is C26H33IN6O. The number of aliphatic imine (C=N–C) groups is 1. The van der Waals surface area contributed by atoms with Crippen molar-refractivity contribution in [3.63, 3.8) is 0 Å². The number of likely N-dealkylation sites (tertiary alicyclic amines) is 1. The second kappa shape index (κ2) is 13.1. The number of carbonyl (C=O) groups is 1. The summed E-state index contributed by atoms with van der Waals surface area (Å²) in [6, 6.07) is 20.5. The van der Waals surface area contributed by atoms with Crippen LogP contribution in [0.4, 0.5) is 0 Å². The fraction of sp³-hybridized carbons (Fsp3) is 0.346. The van der Waals surface area contributed by atoms with E-state index in [0.29, 0.717) is 19.5 Å². The predicted molar refractivity (Wildman–Crippen MR) is 147 cm³/mol. The minimum Gasteiger partial charge on any atom is -0.357 e. The molecular weight excluding hydrogens is 539 g/mol. The van der Waals surface area contributed by atoms with Crippen molar-refractivity contribution in [2.24, 2.45) is 10.9 Å². The Bertz CT molecular complexity index is 1050. The largest absolute Gasteiger partial charge is 0.357 e. The standard InChI is InChI=1S/C26H32N6O.HI/c1-2-27-26(30-18-24-28-17-23(31-24)22-11-7-4-8-12-22)29-16-21-15-25(33)32(19-21)14-13-20-9-5-3-6-10-20;/h3-12,17,21H,2,13-16,18-19H2,1H3,(H,28,31)(H2,27,29,30);1H. The van der Waals surface area contributed by atoms with E-state index in [1.165, 1.54) is 5.56 Å². The third-order valence-corrected chi connectivity index (χ3v) is 5.81. The number of carbonyl (C=O) groups excluding carboxylic acids is 1. The highest BCUT2D eigenvalue weighted by atomic mass is 127. The number of aromatic amines is 1. The highest BCUT2D eigenvalue weighted by Crippen LogP contribution is 2.18. The highest BCUT2D eigenvalue weighted by molar-refractivity contribution is 14.0. The summed E-state index contributed by atoms with van der Waals surface area (Å²) >= 11 is 0. The minimum absolute atomic E-state index is 0. The van der Waals surface area contributed by atoms with Crippen LogP contribution in [0.25, 0.3) is 11.3 Å². The summed E-state index contributed by atoms with van der Waals surface area (Å²) in [5.74, 6) is 2.08. The first-order valence-electron chi connectivity index (χ1n) is 11.6. The van der Waals surface area contributed by atoms with Gasteiger partial charge in [0.15, 0.2) is 5.96 Å². The Morgan fingerprint density at radius 1 is 1.12 bits per heavy atom. The second-order valence-electron chi connectivity index (χ2n) is 8.33. The summed E-state index contributed by atoms with van der Waals surface area (Å²) in [6.07, 6.45) is 3.32. The quantitative estimate of drug-likeness (QED) is 0.207. The van der Waals surface area contributed by atoms with E-state index in [1.807, 2.05) is 54.4 Å². The Morgan fingerprint density at radius 2 is 1.85 bits per heavy atom. The van der Waals surface area contributed by atoms with Crippen LogP contribution in [0.2, 0.25) is 0 Å². The van der Waals surface area contributed by atoms with E-state index in [2.05, 4.69) is 49.9 Å². The molecule has 3 aromatic rings. The van der Waals surface area contributed by atoms with E-state index in [1.54, 1.807) is 0 Å². The molecule has 2 heterocycles. The van der Waals surface area contributed by atoms with Gasteiger partial charge in [-0.15, -0.1) is 24.0 Å². The van der Waals surface area contributed by atoms with Gasteiger partial charge in [0.2, 0.25) is 5.91 Å². The second-order valence-corrected chi connectivity index (χ2v) is 8.33. The molecule has 0 bridgehead atoms. The number of imidazole rings is 1. The highest BCUT2D eigenvalue weighted by Gasteiger charge is 2.29. The monoisotopic (exact) mass is 572 g/mol. The molecule has 2 aromatic carbocycles.